The van der Waals surface area contributed by atoms with Crippen LogP contribution < -0.4 is 4.72 Å². The van der Waals surface area contributed by atoms with E-state index in [0.29, 0.717) is 12.1 Å². The second kappa shape index (κ2) is 11.1. The Kier molecular flexibility index (Phi) is 8.85. The molecule has 0 bridgehead atoms. The van der Waals surface area contributed by atoms with Crippen LogP contribution in [0.2, 0.25) is 0 Å². The smallest absolute Gasteiger partial charge is 0.416 e. The molecule has 1 N–H and O–H groups in total. The maximum absolute atomic E-state index is 13.9. The molecule has 2 amide bonds. The summed E-state index contributed by atoms with van der Waals surface area (Å²) in [4.78, 5) is 26.7. The van der Waals surface area contributed by atoms with Crippen molar-refractivity contribution < 1.29 is 49.1 Å². The second-order valence-corrected chi connectivity index (χ2v) is 12.4. The number of sulfonamides is 1. The number of nitrogens with one attached hydrogen (secondary N) is 1. The SMILES string of the molecule is CC(C)(C)OC(=O)N1CCN(C(=O)C2CCC(NS(=O)(=O)c3ccc(C(F)(F)F)cc3)CC2)[C@@H](C(F)(F)F)C1. The number of alkyl halides is 6. The zero-order valence-corrected chi connectivity index (χ0v) is 22.4. The van der Waals surface area contributed by atoms with Gasteiger partial charge in [-0.15, -0.1) is 0 Å². The lowest BCUT2D eigenvalue weighted by Gasteiger charge is -2.43. The van der Waals surface area contributed by atoms with E-state index in [-0.39, 0.29) is 43.7 Å². The number of carbonyl (C=O) groups excluding carboxylic acids is 2. The summed E-state index contributed by atoms with van der Waals surface area (Å²) in [5.41, 5.74) is -1.89. The minimum absolute atomic E-state index is 0.121. The summed E-state index contributed by atoms with van der Waals surface area (Å²) in [6.07, 6.45) is -9.75. The van der Waals surface area contributed by atoms with Gasteiger partial charge in [0, 0.05) is 25.0 Å². The largest absolute Gasteiger partial charge is 0.444 e. The third kappa shape index (κ3) is 7.99. The van der Waals surface area contributed by atoms with E-state index in [1.807, 2.05) is 0 Å². The molecular formula is C24H31F6N3O5S. The van der Waals surface area contributed by atoms with E-state index in [4.69, 9.17) is 4.74 Å². The van der Waals surface area contributed by atoms with Crippen LogP contribution in [-0.4, -0.2) is 73.7 Å². The van der Waals surface area contributed by atoms with Gasteiger partial charge in [0.2, 0.25) is 15.9 Å². The summed E-state index contributed by atoms with van der Waals surface area (Å²) in [7, 11) is -4.15. The summed E-state index contributed by atoms with van der Waals surface area (Å²) in [6, 6.07) is 0.155. The van der Waals surface area contributed by atoms with Gasteiger partial charge in [-0.2, -0.15) is 26.3 Å². The van der Waals surface area contributed by atoms with E-state index in [9.17, 15) is 44.3 Å². The lowest BCUT2D eigenvalue weighted by Crippen LogP contribution is -2.63. The standard InChI is InChI=1S/C24H31F6N3O5S/c1-22(2,3)38-21(35)32-12-13-33(19(14-32)24(28,29)30)20(34)15-4-8-17(9-5-15)31-39(36,37)18-10-6-16(7-11-18)23(25,26)27/h6-7,10-11,15,17,19,31H,4-5,8-9,12-14H2,1-3H3/t15?,17?,19-/m1/s1. The van der Waals surface area contributed by atoms with Gasteiger partial charge in [-0.1, -0.05) is 0 Å². The van der Waals surface area contributed by atoms with Crippen molar-refractivity contribution in [1.29, 1.82) is 0 Å². The first kappa shape index (κ1) is 31.0. The number of rotatable bonds is 4. The van der Waals surface area contributed by atoms with Gasteiger partial charge < -0.3 is 14.5 Å². The molecule has 1 aromatic carbocycles. The maximum Gasteiger partial charge on any atom is 0.416 e. The van der Waals surface area contributed by atoms with Crippen LogP contribution in [0.5, 0.6) is 0 Å². The molecular weight excluding hydrogens is 556 g/mol. The fraction of sp³-hybridized carbons (Fsp3) is 0.667. The highest BCUT2D eigenvalue weighted by Crippen LogP contribution is 2.34. The molecule has 1 heterocycles. The fourth-order valence-electron chi connectivity index (χ4n) is 4.62. The number of carbonyl (C=O) groups is 2. The summed E-state index contributed by atoms with van der Waals surface area (Å²) in [5, 5.41) is 0. The molecule has 1 aliphatic carbocycles. The number of ether oxygens (including phenoxy) is 1. The third-order valence-electron chi connectivity index (χ3n) is 6.58. The van der Waals surface area contributed by atoms with Gasteiger partial charge in [0.15, 0.2) is 0 Å². The lowest BCUT2D eigenvalue weighted by atomic mass is 9.85. The van der Waals surface area contributed by atoms with Crippen LogP contribution in [0.3, 0.4) is 0 Å². The van der Waals surface area contributed by atoms with Gasteiger partial charge in [0.1, 0.15) is 11.6 Å². The number of hydrogen-bond acceptors (Lipinski definition) is 5. The minimum Gasteiger partial charge on any atom is -0.444 e. The predicted octanol–water partition coefficient (Wildman–Crippen LogP) is 4.55. The molecule has 8 nitrogen and oxygen atoms in total. The molecule has 0 aromatic heterocycles. The molecule has 3 rings (SSSR count). The molecule has 1 aromatic rings. The summed E-state index contributed by atoms with van der Waals surface area (Å²) in [5.74, 6) is -1.49. The highest BCUT2D eigenvalue weighted by atomic mass is 32.2. The Bertz CT molecular complexity index is 1140. The zero-order valence-electron chi connectivity index (χ0n) is 21.6. The minimum atomic E-state index is -4.79. The van der Waals surface area contributed by atoms with Crippen molar-refractivity contribution >= 4 is 22.0 Å². The fourth-order valence-corrected chi connectivity index (χ4v) is 5.93. The van der Waals surface area contributed by atoms with E-state index in [0.717, 1.165) is 21.9 Å². The van der Waals surface area contributed by atoms with Gasteiger partial charge in [-0.25, -0.2) is 17.9 Å². The van der Waals surface area contributed by atoms with Crippen molar-refractivity contribution in [2.24, 2.45) is 5.92 Å². The summed E-state index contributed by atoms with van der Waals surface area (Å²) < 4.78 is 113. The average molecular weight is 588 g/mol. The van der Waals surface area contributed by atoms with E-state index < -0.39 is 70.1 Å². The molecule has 1 saturated carbocycles. The van der Waals surface area contributed by atoms with Crippen LogP contribution in [0.1, 0.15) is 52.0 Å². The van der Waals surface area contributed by atoms with Crippen LogP contribution in [0, 0.1) is 5.92 Å². The topological polar surface area (TPSA) is 96.0 Å². The van der Waals surface area contributed by atoms with Crippen molar-refractivity contribution in [2.75, 3.05) is 19.6 Å². The number of amides is 2. The molecule has 1 saturated heterocycles. The number of halogens is 6. The lowest BCUT2D eigenvalue weighted by molar-refractivity contribution is -0.201. The maximum atomic E-state index is 13.9. The first-order valence-corrected chi connectivity index (χ1v) is 13.8. The van der Waals surface area contributed by atoms with Crippen LogP contribution >= 0.6 is 0 Å². The van der Waals surface area contributed by atoms with Gasteiger partial charge in [0.25, 0.3) is 0 Å². The number of nitrogens with zero attached hydrogens (tertiary/aromatic N) is 2. The van der Waals surface area contributed by atoms with Crippen molar-refractivity contribution in [3.63, 3.8) is 0 Å². The molecule has 2 fully saturated rings. The first-order chi connectivity index (χ1) is 17.8. The van der Waals surface area contributed by atoms with Crippen LogP contribution in [0.15, 0.2) is 29.2 Å². The van der Waals surface area contributed by atoms with Gasteiger partial charge in [0.05, 0.1) is 17.0 Å². The van der Waals surface area contributed by atoms with E-state index in [1.165, 1.54) is 0 Å². The number of benzene rings is 1. The molecule has 0 radical (unpaired) electrons. The molecule has 0 spiro atoms. The summed E-state index contributed by atoms with van der Waals surface area (Å²) in [6.45, 7) is 3.55. The Morgan fingerprint density at radius 1 is 0.923 bits per heavy atom. The average Bonchev–Trinajstić information content (AvgIpc) is 2.81. The van der Waals surface area contributed by atoms with Crippen molar-refractivity contribution in [3.8, 4) is 0 Å². The second-order valence-electron chi connectivity index (χ2n) is 10.7. The molecule has 1 aliphatic heterocycles. The molecule has 39 heavy (non-hydrogen) atoms. The molecule has 0 unspecified atom stereocenters. The molecule has 2 aliphatic rings. The Balaban J connectivity index is 1.61. The molecule has 220 valence electrons. The van der Waals surface area contributed by atoms with Crippen LogP contribution in [0.25, 0.3) is 0 Å². The van der Waals surface area contributed by atoms with Gasteiger partial charge in [-0.3, -0.25) is 4.79 Å². The Labute approximate surface area is 222 Å². The van der Waals surface area contributed by atoms with Crippen molar-refractivity contribution in [1.82, 2.24) is 14.5 Å². The highest BCUT2D eigenvalue weighted by molar-refractivity contribution is 7.89. The predicted molar refractivity (Wildman–Crippen MR) is 127 cm³/mol. The van der Waals surface area contributed by atoms with Crippen molar-refractivity contribution in [2.45, 2.75) is 81.4 Å². The summed E-state index contributed by atoms with van der Waals surface area (Å²) >= 11 is 0. The molecule has 15 heteroatoms. The number of hydrogen-bond donors (Lipinski definition) is 1. The highest BCUT2D eigenvalue weighted by Gasteiger charge is 2.50. The van der Waals surface area contributed by atoms with E-state index >= 15 is 0 Å². The van der Waals surface area contributed by atoms with Gasteiger partial charge >= 0.3 is 18.4 Å². The third-order valence-corrected chi connectivity index (χ3v) is 8.12. The normalized spacial score (nSPS) is 23.5. The monoisotopic (exact) mass is 587 g/mol. The van der Waals surface area contributed by atoms with Gasteiger partial charge in [-0.05, 0) is 70.7 Å². The van der Waals surface area contributed by atoms with Crippen LogP contribution in [-0.2, 0) is 25.7 Å². The van der Waals surface area contributed by atoms with E-state index in [2.05, 4.69) is 4.72 Å². The quantitative estimate of drug-likeness (QED) is 0.522. The Morgan fingerprint density at radius 2 is 1.49 bits per heavy atom. The Hall–Kier alpha value is -2.55. The van der Waals surface area contributed by atoms with Crippen LogP contribution in [0.4, 0.5) is 31.1 Å². The first-order valence-electron chi connectivity index (χ1n) is 12.3. The zero-order chi connectivity index (χ0) is 29.4. The van der Waals surface area contributed by atoms with E-state index in [1.54, 1.807) is 20.8 Å². The van der Waals surface area contributed by atoms with Crippen molar-refractivity contribution in [3.05, 3.63) is 29.8 Å². The molecule has 1 atom stereocenters. The number of piperazine rings is 1. The Morgan fingerprint density at radius 3 is 1.97 bits per heavy atom.